The fraction of sp³-hybridized carbons (Fsp3) is 1.00. The third kappa shape index (κ3) is 3.12. The van der Waals surface area contributed by atoms with E-state index in [1.807, 2.05) is 0 Å². The van der Waals surface area contributed by atoms with Crippen molar-refractivity contribution in [3.05, 3.63) is 0 Å². The molecule has 0 heterocycles. The number of rotatable bonds is 4. The summed E-state index contributed by atoms with van der Waals surface area (Å²) >= 11 is 3.63. The molecule has 0 amide bonds. The van der Waals surface area contributed by atoms with E-state index < -0.39 is 0 Å². The molecule has 0 radical (unpaired) electrons. The Labute approximate surface area is 77.6 Å². The highest BCUT2D eigenvalue weighted by atomic mass is 79.9. The first kappa shape index (κ1) is 9.53. The fourth-order valence-electron chi connectivity index (χ4n) is 1.45. The van der Waals surface area contributed by atoms with E-state index in [4.69, 9.17) is 4.74 Å². The predicted molar refractivity (Wildman–Crippen MR) is 51.2 cm³/mol. The number of hydrogen-bond acceptors (Lipinski definition) is 1. The third-order valence-electron chi connectivity index (χ3n) is 2.20. The van der Waals surface area contributed by atoms with Crippen LogP contribution in [0.3, 0.4) is 0 Å². The molecule has 1 aliphatic carbocycles. The van der Waals surface area contributed by atoms with Crippen LogP contribution in [0.5, 0.6) is 0 Å². The summed E-state index contributed by atoms with van der Waals surface area (Å²) in [5.74, 6) is 0. The highest BCUT2D eigenvalue weighted by Crippen LogP contribution is 2.28. The van der Waals surface area contributed by atoms with Gasteiger partial charge in [-0.3, -0.25) is 0 Å². The Kier molecular flexibility index (Phi) is 4.46. The Hall–Kier alpha value is 0.440. The first-order valence-electron chi connectivity index (χ1n) is 4.60. The topological polar surface area (TPSA) is 9.23 Å². The van der Waals surface area contributed by atoms with Crippen molar-refractivity contribution >= 4 is 15.9 Å². The van der Waals surface area contributed by atoms with Crippen LogP contribution in [-0.4, -0.2) is 17.5 Å². The number of hydrogen-bond donors (Lipinski definition) is 0. The zero-order valence-electron chi connectivity index (χ0n) is 7.18. The Morgan fingerprint density at radius 1 is 1.45 bits per heavy atom. The van der Waals surface area contributed by atoms with Gasteiger partial charge in [0.15, 0.2) is 0 Å². The van der Waals surface area contributed by atoms with E-state index in [0.29, 0.717) is 10.9 Å². The van der Waals surface area contributed by atoms with Gasteiger partial charge in [-0.05, 0) is 25.7 Å². The van der Waals surface area contributed by atoms with Crippen molar-refractivity contribution in [2.75, 3.05) is 6.61 Å². The van der Waals surface area contributed by atoms with E-state index >= 15 is 0 Å². The summed E-state index contributed by atoms with van der Waals surface area (Å²) in [5, 5.41) is 0. The zero-order chi connectivity index (χ0) is 8.10. The summed E-state index contributed by atoms with van der Waals surface area (Å²) in [6, 6.07) is 0. The van der Waals surface area contributed by atoms with Crippen LogP contribution in [0.25, 0.3) is 0 Å². The van der Waals surface area contributed by atoms with Crippen molar-refractivity contribution in [3.63, 3.8) is 0 Å². The van der Waals surface area contributed by atoms with Gasteiger partial charge < -0.3 is 4.74 Å². The predicted octanol–water partition coefficient (Wildman–Crippen LogP) is 3.12. The van der Waals surface area contributed by atoms with Crippen molar-refractivity contribution in [2.24, 2.45) is 0 Å². The van der Waals surface area contributed by atoms with E-state index in [9.17, 15) is 0 Å². The van der Waals surface area contributed by atoms with Crippen molar-refractivity contribution in [1.82, 2.24) is 0 Å². The molecule has 0 N–H and O–H groups in total. The first-order chi connectivity index (χ1) is 5.34. The van der Waals surface area contributed by atoms with Gasteiger partial charge in [0.05, 0.1) is 6.10 Å². The lowest BCUT2D eigenvalue weighted by Gasteiger charge is -2.14. The molecule has 0 aromatic rings. The molecule has 0 spiro atoms. The second-order valence-corrected chi connectivity index (χ2v) is 4.39. The lowest BCUT2D eigenvalue weighted by molar-refractivity contribution is 0.0608. The zero-order valence-corrected chi connectivity index (χ0v) is 8.77. The number of ether oxygens (including phenoxy) is 1. The molecular formula is C9H17BrO. The average molecular weight is 221 g/mol. The van der Waals surface area contributed by atoms with Gasteiger partial charge in [-0.2, -0.15) is 0 Å². The number of halogens is 1. The maximum absolute atomic E-state index is 5.71. The molecule has 1 nitrogen and oxygen atoms in total. The average Bonchev–Trinajstić information content (AvgIpc) is 2.37. The van der Waals surface area contributed by atoms with E-state index in [1.54, 1.807) is 0 Å². The summed E-state index contributed by atoms with van der Waals surface area (Å²) in [6.45, 7) is 3.15. The maximum atomic E-state index is 5.71. The maximum Gasteiger partial charge on any atom is 0.0700 e. The van der Waals surface area contributed by atoms with Gasteiger partial charge in [-0.25, -0.2) is 0 Å². The summed E-state index contributed by atoms with van der Waals surface area (Å²) in [6.07, 6.45) is 6.81. The minimum atomic E-state index is 0.501. The van der Waals surface area contributed by atoms with Gasteiger partial charge in [0.1, 0.15) is 0 Å². The van der Waals surface area contributed by atoms with E-state index in [1.165, 1.54) is 32.1 Å². The van der Waals surface area contributed by atoms with Crippen LogP contribution in [0, 0.1) is 0 Å². The van der Waals surface area contributed by atoms with Gasteiger partial charge in [-0.1, -0.05) is 29.3 Å². The quantitative estimate of drug-likeness (QED) is 0.523. The highest BCUT2D eigenvalue weighted by Gasteiger charge is 2.24. The van der Waals surface area contributed by atoms with Crippen LogP contribution >= 0.6 is 15.9 Å². The van der Waals surface area contributed by atoms with E-state index in [0.717, 1.165) is 6.61 Å². The Bertz CT molecular complexity index is 106. The molecule has 1 aliphatic rings. The smallest absolute Gasteiger partial charge is 0.0700 e. The van der Waals surface area contributed by atoms with E-state index in [-0.39, 0.29) is 0 Å². The second kappa shape index (κ2) is 5.15. The minimum Gasteiger partial charge on any atom is -0.377 e. The van der Waals surface area contributed by atoms with Crippen molar-refractivity contribution in [1.29, 1.82) is 0 Å². The number of unbranched alkanes of at least 4 members (excludes halogenated alkanes) is 1. The van der Waals surface area contributed by atoms with Gasteiger partial charge in [0, 0.05) is 11.4 Å². The van der Waals surface area contributed by atoms with Crippen molar-refractivity contribution < 1.29 is 4.74 Å². The normalized spacial score (nSPS) is 31.1. The van der Waals surface area contributed by atoms with E-state index in [2.05, 4.69) is 22.9 Å². The summed E-state index contributed by atoms with van der Waals surface area (Å²) < 4.78 is 5.71. The van der Waals surface area contributed by atoms with Crippen LogP contribution in [0.15, 0.2) is 0 Å². The first-order valence-corrected chi connectivity index (χ1v) is 5.52. The van der Waals surface area contributed by atoms with Crippen molar-refractivity contribution in [2.45, 2.75) is 50.0 Å². The molecular weight excluding hydrogens is 204 g/mol. The third-order valence-corrected chi connectivity index (χ3v) is 3.25. The van der Waals surface area contributed by atoms with Gasteiger partial charge >= 0.3 is 0 Å². The minimum absolute atomic E-state index is 0.501. The summed E-state index contributed by atoms with van der Waals surface area (Å²) in [7, 11) is 0. The number of alkyl halides is 1. The molecule has 0 bridgehead atoms. The van der Waals surface area contributed by atoms with Crippen LogP contribution in [0.2, 0.25) is 0 Å². The van der Waals surface area contributed by atoms with Gasteiger partial charge in [0.25, 0.3) is 0 Å². The highest BCUT2D eigenvalue weighted by molar-refractivity contribution is 9.09. The van der Waals surface area contributed by atoms with Crippen LogP contribution < -0.4 is 0 Å². The fourth-order valence-corrected chi connectivity index (χ4v) is 2.19. The Morgan fingerprint density at radius 3 is 2.82 bits per heavy atom. The summed E-state index contributed by atoms with van der Waals surface area (Å²) in [5.41, 5.74) is 0. The molecule has 0 aliphatic heterocycles. The molecule has 2 heteroatoms. The molecule has 2 atom stereocenters. The Balaban J connectivity index is 2.05. The molecule has 0 aromatic carbocycles. The molecule has 66 valence electrons. The molecule has 1 saturated carbocycles. The lowest BCUT2D eigenvalue weighted by Crippen LogP contribution is -2.18. The lowest BCUT2D eigenvalue weighted by atomic mass is 10.3. The second-order valence-electron chi connectivity index (χ2n) is 3.21. The SMILES string of the molecule is CCCCOC1CCCC1Br. The molecule has 2 unspecified atom stereocenters. The molecule has 1 fully saturated rings. The monoisotopic (exact) mass is 220 g/mol. The largest absolute Gasteiger partial charge is 0.377 e. The Morgan fingerprint density at radius 2 is 2.27 bits per heavy atom. The van der Waals surface area contributed by atoms with Crippen LogP contribution in [0.1, 0.15) is 39.0 Å². The van der Waals surface area contributed by atoms with Crippen LogP contribution in [-0.2, 0) is 4.74 Å². The van der Waals surface area contributed by atoms with Gasteiger partial charge in [-0.15, -0.1) is 0 Å². The molecule has 11 heavy (non-hydrogen) atoms. The summed E-state index contributed by atoms with van der Waals surface area (Å²) in [4.78, 5) is 0.624. The van der Waals surface area contributed by atoms with Crippen LogP contribution in [0.4, 0.5) is 0 Å². The molecule has 1 rings (SSSR count). The van der Waals surface area contributed by atoms with Crippen molar-refractivity contribution in [3.8, 4) is 0 Å². The standard InChI is InChI=1S/C9H17BrO/c1-2-3-7-11-9-6-4-5-8(9)10/h8-9H,2-7H2,1H3. The molecule has 0 aromatic heterocycles. The van der Waals surface area contributed by atoms with Gasteiger partial charge in [0.2, 0.25) is 0 Å². The molecule has 0 saturated heterocycles.